The molecule has 120 valence electrons. The lowest BCUT2D eigenvalue weighted by Gasteiger charge is -2.12. The second kappa shape index (κ2) is 6.13. The molecule has 24 heavy (non-hydrogen) atoms. The van der Waals surface area contributed by atoms with E-state index in [1.807, 2.05) is 60.7 Å². The van der Waals surface area contributed by atoms with Gasteiger partial charge in [-0.15, -0.1) is 5.10 Å². The van der Waals surface area contributed by atoms with Crippen molar-refractivity contribution >= 4 is 23.4 Å². The van der Waals surface area contributed by atoms with E-state index in [9.17, 15) is 4.79 Å². The molecule has 5 nitrogen and oxygen atoms in total. The molecule has 2 aromatic carbocycles. The molecule has 4 rings (SSSR count). The smallest absolute Gasteiger partial charge is 0.241 e. The normalized spacial score (nSPS) is 15.0. The molecule has 1 amide bonds. The third kappa shape index (κ3) is 3.05. The van der Waals surface area contributed by atoms with E-state index >= 15 is 0 Å². The van der Waals surface area contributed by atoms with Gasteiger partial charge in [0.05, 0.1) is 0 Å². The number of nitrogens with one attached hydrogen (secondary N) is 2. The van der Waals surface area contributed by atoms with Gasteiger partial charge >= 0.3 is 0 Å². The number of hydrogen-bond acceptors (Lipinski definition) is 4. The first-order valence-electron chi connectivity index (χ1n) is 7.79. The zero-order valence-corrected chi connectivity index (χ0v) is 13.7. The molecule has 0 saturated heterocycles. The van der Waals surface area contributed by atoms with Crippen molar-refractivity contribution in [3.63, 3.8) is 0 Å². The van der Waals surface area contributed by atoms with Gasteiger partial charge in [0.1, 0.15) is 4.75 Å². The van der Waals surface area contributed by atoms with Gasteiger partial charge in [0.15, 0.2) is 5.82 Å². The van der Waals surface area contributed by atoms with Crippen LogP contribution in [-0.2, 0) is 4.79 Å². The number of benzene rings is 2. The average molecular weight is 336 g/mol. The second-order valence-electron chi connectivity index (χ2n) is 5.75. The van der Waals surface area contributed by atoms with Crippen molar-refractivity contribution < 1.29 is 4.79 Å². The first-order valence-corrected chi connectivity index (χ1v) is 8.60. The summed E-state index contributed by atoms with van der Waals surface area (Å²) in [5.41, 5.74) is 1.80. The number of aromatic nitrogens is 3. The summed E-state index contributed by atoms with van der Waals surface area (Å²) in [7, 11) is 0. The van der Waals surface area contributed by atoms with Gasteiger partial charge in [0.25, 0.3) is 0 Å². The van der Waals surface area contributed by atoms with Crippen LogP contribution in [0.15, 0.2) is 65.8 Å². The summed E-state index contributed by atoms with van der Waals surface area (Å²) in [6, 6.07) is 19.3. The van der Waals surface area contributed by atoms with Crippen molar-refractivity contribution in [3.8, 4) is 11.4 Å². The highest BCUT2D eigenvalue weighted by atomic mass is 32.2. The number of para-hydroxylation sites is 1. The number of nitrogens with zero attached hydrogens (tertiary/aromatic N) is 2. The molecule has 0 spiro atoms. The van der Waals surface area contributed by atoms with E-state index in [-0.39, 0.29) is 5.91 Å². The molecule has 0 radical (unpaired) electrons. The number of H-pyrrole nitrogens is 1. The standard InChI is InChI=1S/C18H16N4OS/c23-16(19-14-9-5-2-6-10-14)18(11-12-18)24-17-20-15(21-22-17)13-7-3-1-4-8-13/h1-10H,11-12H2,(H,19,23)(H,20,21,22). The Bertz CT molecular complexity index is 844. The number of amides is 1. The maximum Gasteiger partial charge on any atom is 0.241 e. The van der Waals surface area contributed by atoms with Crippen LogP contribution >= 0.6 is 11.8 Å². The van der Waals surface area contributed by atoms with Crippen LogP contribution in [0.25, 0.3) is 11.4 Å². The quantitative estimate of drug-likeness (QED) is 0.745. The van der Waals surface area contributed by atoms with Crippen LogP contribution in [0.2, 0.25) is 0 Å². The fraction of sp³-hybridized carbons (Fsp3) is 0.167. The second-order valence-corrected chi connectivity index (χ2v) is 7.10. The molecular weight excluding hydrogens is 320 g/mol. The number of carbonyl (C=O) groups is 1. The Kier molecular flexibility index (Phi) is 3.82. The summed E-state index contributed by atoms with van der Waals surface area (Å²) in [6.07, 6.45) is 1.68. The largest absolute Gasteiger partial charge is 0.325 e. The summed E-state index contributed by atoms with van der Waals surface area (Å²) in [4.78, 5) is 17.1. The molecule has 0 aliphatic heterocycles. The molecule has 2 N–H and O–H groups in total. The minimum absolute atomic E-state index is 0.0183. The predicted octanol–water partition coefficient (Wildman–Crippen LogP) is 3.74. The Labute approximate surface area is 143 Å². The van der Waals surface area contributed by atoms with Crippen LogP contribution in [0, 0.1) is 0 Å². The van der Waals surface area contributed by atoms with Crippen molar-refractivity contribution in [1.82, 2.24) is 15.2 Å². The van der Waals surface area contributed by atoms with Gasteiger partial charge in [-0.2, -0.15) is 0 Å². The highest BCUT2D eigenvalue weighted by molar-refractivity contribution is 8.01. The lowest BCUT2D eigenvalue weighted by molar-refractivity contribution is -0.116. The third-order valence-corrected chi connectivity index (χ3v) is 5.30. The van der Waals surface area contributed by atoms with Gasteiger partial charge in [0, 0.05) is 11.3 Å². The SMILES string of the molecule is O=C(Nc1ccccc1)C1(Sc2n[nH]c(-c3ccccc3)n2)CC1. The summed E-state index contributed by atoms with van der Waals surface area (Å²) in [5, 5.41) is 10.8. The minimum Gasteiger partial charge on any atom is -0.325 e. The monoisotopic (exact) mass is 336 g/mol. The Morgan fingerprint density at radius 2 is 1.71 bits per heavy atom. The van der Waals surface area contributed by atoms with Gasteiger partial charge in [-0.1, -0.05) is 60.3 Å². The fourth-order valence-corrected chi connectivity index (χ4v) is 3.48. The molecule has 6 heteroatoms. The average Bonchev–Trinajstić information content (AvgIpc) is 3.26. The van der Waals surface area contributed by atoms with Crippen LogP contribution in [0.5, 0.6) is 0 Å². The first kappa shape index (κ1) is 15.0. The number of rotatable bonds is 5. The Morgan fingerprint density at radius 1 is 1.04 bits per heavy atom. The molecule has 1 heterocycles. The van der Waals surface area contributed by atoms with Crippen molar-refractivity contribution in [3.05, 3.63) is 60.7 Å². The molecule has 1 aliphatic carbocycles. The van der Waals surface area contributed by atoms with Crippen molar-refractivity contribution in [1.29, 1.82) is 0 Å². The fourth-order valence-electron chi connectivity index (χ4n) is 2.45. The van der Waals surface area contributed by atoms with Crippen LogP contribution in [0.4, 0.5) is 5.69 Å². The van der Waals surface area contributed by atoms with Gasteiger partial charge in [-0.3, -0.25) is 9.89 Å². The highest BCUT2D eigenvalue weighted by Crippen LogP contribution is 2.51. The van der Waals surface area contributed by atoms with Crippen molar-refractivity contribution in [2.75, 3.05) is 5.32 Å². The molecule has 0 bridgehead atoms. The van der Waals surface area contributed by atoms with Crippen LogP contribution < -0.4 is 5.32 Å². The van der Waals surface area contributed by atoms with E-state index in [2.05, 4.69) is 20.5 Å². The van der Waals surface area contributed by atoms with Crippen LogP contribution in [-0.4, -0.2) is 25.8 Å². The lowest BCUT2D eigenvalue weighted by atomic mass is 10.2. The Hall–Kier alpha value is -2.60. The number of carbonyl (C=O) groups excluding carboxylic acids is 1. The van der Waals surface area contributed by atoms with E-state index in [0.717, 1.165) is 29.9 Å². The van der Waals surface area contributed by atoms with E-state index in [1.165, 1.54) is 11.8 Å². The molecule has 1 saturated carbocycles. The van der Waals surface area contributed by atoms with E-state index < -0.39 is 4.75 Å². The molecule has 0 atom stereocenters. The Morgan fingerprint density at radius 3 is 2.38 bits per heavy atom. The zero-order valence-electron chi connectivity index (χ0n) is 12.9. The van der Waals surface area contributed by atoms with Gasteiger partial charge in [0.2, 0.25) is 11.1 Å². The van der Waals surface area contributed by atoms with E-state index in [1.54, 1.807) is 0 Å². The van der Waals surface area contributed by atoms with E-state index in [0.29, 0.717) is 5.16 Å². The van der Waals surface area contributed by atoms with Crippen molar-refractivity contribution in [2.24, 2.45) is 0 Å². The molecular formula is C18H16N4OS. The summed E-state index contributed by atoms with van der Waals surface area (Å²) in [5.74, 6) is 0.738. The maximum atomic E-state index is 12.6. The zero-order chi connectivity index (χ0) is 16.4. The molecule has 1 aromatic heterocycles. The van der Waals surface area contributed by atoms with Gasteiger partial charge in [-0.05, 0) is 25.0 Å². The molecule has 0 unspecified atom stereocenters. The third-order valence-electron chi connectivity index (χ3n) is 3.95. The van der Waals surface area contributed by atoms with Crippen LogP contribution in [0.3, 0.4) is 0 Å². The van der Waals surface area contributed by atoms with Crippen LogP contribution in [0.1, 0.15) is 12.8 Å². The van der Waals surface area contributed by atoms with E-state index in [4.69, 9.17) is 0 Å². The number of hydrogen-bond donors (Lipinski definition) is 2. The number of aromatic amines is 1. The maximum absolute atomic E-state index is 12.6. The minimum atomic E-state index is -0.452. The van der Waals surface area contributed by atoms with Gasteiger partial charge < -0.3 is 5.32 Å². The summed E-state index contributed by atoms with van der Waals surface area (Å²) < 4.78 is -0.452. The molecule has 1 fully saturated rings. The topological polar surface area (TPSA) is 70.7 Å². The number of thioether (sulfide) groups is 1. The van der Waals surface area contributed by atoms with Crippen molar-refractivity contribution in [2.45, 2.75) is 22.7 Å². The molecule has 3 aromatic rings. The summed E-state index contributed by atoms with van der Waals surface area (Å²) in [6.45, 7) is 0. The highest BCUT2D eigenvalue weighted by Gasteiger charge is 2.52. The first-order chi connectivity index (χ1) is 11.8. The lowest BCUT2D eigenvalue weighted by Crippen LogP contribution is -2.26. The number of anilines is 1. The predicted molar refractivity (Wildman–Crippen MR) is 94.7 cm³/mol. The summed E-state index contributed by atoms with van der Waals surface area (Å²) >= 11 is 1.43. The van der Waals surface area contributed by atoms with Gasteiger partial charge in [-0.25, -0.2) is 4.98 Å². The molecule has 1 aliphatic rings. The Balaban J connectivity index is 1.47.